The highest BCUT2D eigenvalue weighted by atomic mass is 35.5. The molecule has 0 aliphatic carbocycles. The molecule has 0 amide bonds. The zero-order valence-electron chi connectivity index (χ0n) is 10.7. The molecule has 2 rings (SSSR count). The van der Waals surface area contributed by atoms with E-state index in [1.165, 1.54) is 0 Å². The largest absolute Gasteiger partial charge is 0.488 e. The van der Waals surface area contributed by atoms with Crippen molar-refractivity contribution in [2.24, 2.45) is 5.73 Å². The van der Waals surface area contributed by atoms with E-state index >= 15 is 0 Å². The molecule has 0 spiro atoms. The number of benzene rings is 1. The molecule has 6 heteroatoms. The van der Waals surface area contributed by atoms with Gasteiger partial charge in [0.05, 0.1) is 6.61 Å². The van der Waals surface area contributed by atoms with Gasteiger partial charge >= 0.3 is 0 Å². The lowest BCUT2D eigenvalue weighted by Crippen LogP contribution is -2.54. The molecule has 0 unspecified atom stereocenters. The van der Waals surface area contributed by atoms with Crippen LogP contribution in [0, 0.1) is 0 Å². The first kappa shape index (κ1) is 16.5. The van der Waals surface area contributed by atoms with Crippen LogP contribution in [0.3, 0.4) is 0 Å². The van der Waals surface area contributed by atoms with Crippen LogP contribution < -0.4 is 10.5 Å². The van der Waals surface area contributed by atoms with E-state index in [2.05, 4.69) is 4.90 Å². The summed E-state index contributed by atoms with van der Waals surface area (Å²) in [6.45, 7) is 2.78. The SMILES string of the molecule is Cl.N[C@H](CO)CCN1CC(Oc2cccc(Cl)c2)C1. The smallest absolute Gasteiger partial charge is 0.124 e. The summed E-state index contributed by atoms with van der Waals surface area (Å²) in [5.41, 5.74) is 5.65. The molecule has 0 saturated carbocycles. The van der Waals surface area contributed by atoms with Crippen molar-refractivity contribution >= 4 is 24.0 Å². The molecule has 1 heterocycles. The Labute approximate surface area is 124 Å². The molecule has 1 fully saturated rings. The number of aliphatic hydroxyl groups is 1. The maximum atomic E-state index is 8.83. The van der Waals surface area contributed by atoms with E-state index in [0.29, 0.717) is 5.02 Å². The number of aliphatic hydroxyl groups excluding tert-OH is 1. The van der Waals surface area contributed by atoms with Gasteiger partial charge in [0.2, 0.25) is 0 Å². The monoisotopic (exact) mass is 306 g/mol. The van der Waals surface area contributed by atoms with Gasteiger partial charge in [0.25, 0.3) is 0 Å². The van der Waals surface area contributed by atoms with Crippen LogP contribution in [-0.4, -0.2) is 48.4 Å². The summed E-state index contributed by atoms with van der Waals surface area (Å²) in [4.78, 5) is 2.27. The quantitative estimate of drug-likeness (QED) is 0.837. The lowest BCUT2D eigenvalue weighted by atomic mass is 10.1. The summed E-state index contributed by atoms with van der Waals surface area (Å²) in [5, 5.41) is 9.52. The number of likely N-dealkylation sites (tertiary alicyclic amines) is 1. The molecule has 1 aliphatic heterocycles. The van der Waals surface area contributed by atoms with Crippen LogP contribution in [0.4, 0.5) is 0 Å². The number of hydrogen-bond acceptors (Lipinski definition) is 4. The number of nitrogens with zero attached hydrogens (tertiary/aromatic N) is 1. The first-order valence-corrected chi connectivity index (χ1v) is 6.56. The Hall–Kier alpha value is -0.520. The summed E-state index contributed by atoms with van der Waals surface area (Å²) in [5.74, 6) is 0.819. The number of ether oxygens (including phenoxy) is 1. The fourth-order valence-electron chi connectivity index (χ4n) is 1.95. The van der Waals surface area contributed by atoms with E-state index in [4.69, 9.17) is 27.2 Å². The Balaban J connectivity index is 0.00000180. The summed E-state index contributed by atoms with van der Waals surface area (Å²) >= 11 is 5.89. The van der Waals surface area contributed by atoms with E-state index < -0.39 is 0 Å². The van der Waals surface area contributed by atoms with E-state index in [1.54, 1.807) is 0 Å². The normalized spacial score (nSPS) is 17.4. The molecular formula is C13H20Cl2N2O2. The molecule has 0 bridgehead atoms. The van der Waals surface area contributed by atoms with Gasteiger partial charge in [0.15, 0.2) is 0 Å². The molecule has 19 heavy (non-hydrogen) atoms. The first-order valence-electron chi connectivity index (χ1n) is 6.18. The fourth-order valence-corrected chi connectivity index (χ4v) is 2.13. The third kappa shape index (κ3) is 5.16. The van der Waals surface area contributed by atoms with Crippen molar-refractivity contribution in [3.8, 4) is 5.75 Å². The standard InChI is InChI=1S/C13H19ClN2O2.ClH/c14-10-2-1-3-12(6-10)18-13-7-16(8-13)5-4-11(15)9-17;/h1-3,6,11,13,17H,4-5,7-9,15H2;1H/t11-;/m0./s1. The van der Waals surface area contributed by atoms with Crippen molar-refractivity contribution in [3.63, 3.8) is 0 Å². The summed E-state index contributed by atoms with van der Waals surface area (Å²) in [6.07, 6.45) is 1.05. The lowest BCUT2D eigenvalue weighted by Gasteiger charge is -2.39. The van der Waals surface area contributed by atoms with Crippen LogP contribution >= 0.6 is 24.0 Å². The third-order valence-electron chi connectivity index (χ3n) is 3.07. The Morgan fingerprint density at radius 2 is 2.21 bits per heavy atom. The highest BCUT2D eigenvalue weighted by molar-refractivity contribution is 6.30. The van der Waals surface area contributed by atoms with Gasteiger partial charge in [0.1, 0.15) is 11.9 Å². The van der Waals surface area contributed by atoms with Crippen LogP contribution in [0.5, 0.6) is 5.75 Å². The Morgan fingerprint density at radius 3 is 2.84 bits per heavy atom. The zero-order chi connectivity index (χ0) is 13.0. The van der Waals surface area contributed by atoms with Gasteiger partial charge in [-0.05, 0) is 24.6 Å². The number of hydrogen-bond donors (Lipinski definition) is 2. The van der Waals surface area contributed by atoms with Gasteiger partial charge in [-0.2, -0.15) is 0 Å². The molecule has 1 aromatic carbocycles. The molecule has 1 saturated heterocycles. The Morgan fingerprint density at radius 1 is 1.47 bits per heavy atom. The average Bonchev–Trinajstić information content (AvgIpc) is 2.31. The van der Waals surface area contributed by atoms with Crippen molar-refractivity contribution in [1.29, 1.82) is 0 Å². The predicted octanol–water partition coefficient (Wildman–Crippen LogP) is 1.53. The van der Waals surface area contributed by atoms with Gasteiger partial charge in [-0.25, -0.2) is 0 Å². The molecule has 0 aromatic heterocycles. The number of halogens is 2. The summed E-state index contributed by atoms with van der Waals surface area (Å²) in [6, 6.07) is 7.34. The van der Waals surface area contributed by atoms with Gasteiger partial charge in [0, 0.05) is 30.7 Å². The number of nitrogens with two attached hydrogens (primary N) is 1. The Bertz CT molecular complexity index is 387. The maximum Gasteiger partial charge on any atom is 0.124 e. The van der Waals surface area contributed by atoms with E-state index in [-0.39, 0.29) is 31.2 Å². The van der Waals surface area contributed by atoms with Crippen LogP contribution in [-0.2, 0) is 0 Å². The minimum Gasteiger partial charge on any atom is -0.488 e. The van der Waals surface area contributed by atoms with Gasteiger partial charge < -0.3 is 15.6 Å². The van der Waals surface area contributed by atoms with Gasteiger partial charge in [-0.15, -0.1) is 12.4 Å². The van der Waals surface area contributed by atoms with Crippen LogP contribution in [0.1, 0.15) is 6.42 Å². The molecule has 108 valence electrons. The van der Waals surface area contributed by atoms with Crippen LogP contribution in [0.2, 0.25) is 5.02 Å². The average molecular weight is 307 g/mol. The third-order valence-corrected chi connectivity index (χ3v) is 3.31. The molecule has 4 nitrogen and oxygen atoms in total. The first-order chi connectivity index (χ1) is 8.67. The second-order valence-corrected chi connectivity index (χ2v) is 5.12. The molecule has 1 atom stereocenters. The van der Waals surface area contributed by atoms with Crippen molar-refractivity contribution < 1.29 is 9.84 Å². The predicted molar refractivity (Wildman–Crippen MR) is 79.2 cm³/mol. The molecule has 3 N–H and O–H groups in total. The lowest BCUT2D eigenvalue weighted by molar-refractivity contribution is 0.0174. The second kappa shape index (κ2) is 7.92. The van der Waals surface area contributed by atoms with Gasteiger partial charge in [-0.3, -0.25) is 4.90 Å². The van der Waals surface area contributed by atoms with E-state index in [1.807, 2.05) is 24.3 Å². The minimum atomic E-state index is -0.113. The van der Waals surface area contributed by atoms with Crippen molar-refractivity contribution in [2.45, 2.75) is 18.6 Å². The molecule has 1 aliphatic rings. The second-order valence-electron chi connectivity index (χ2n) is 4.69. The summed E-state index contributed by atoms with van der Waals surface area (Å²) < 4.78 is 5.79. The van der Waals surface area contributed by atoms with Crippen LogP contribution in [0.15, 0.2) is 24.3 Å². The molecule has 1 aromatic rings. The zero-order valence-corrected chi connectivity index (χ0v) is 12.2. The van der Waals surface area contributed by atoms with Gasteiger partial charge in [-0.1, -0.05) is 17.7 Å². The van der Waals surface area contributed by atoms with Crippen molar-refractivity contribution in [1.82, 2.24) is 4.90 Å². The van der Waals surface area contributed by atoms with Crippen molar-refractivity contribution in [2.75, 3.05) is 26.2 Å². The highest BCUT2D eigenvalue weighted by Crippen LogP contribution is 2.21. The minimum absolute atomic E-state index is 0. The van der Waals surface area contributed by atoms with E-state index in [0.717, 1.165) is 31.8 Å². The summed E-state index contributed by atoms with van der Waals surface area (Å²) in [7, 11) is 0. The highest BCUT2D eigenvalue weighted by Gasteiger charge is 2.28. The van der Waals surface area contributed by atoms with Crippen LogP contribution in [0.25, 0.3) is 0 Å². The van der Waals surface area contributed by atoms with Crippen molar-refractivity contribution in [3.05, 3.63) is 29.3 Å². The number of rotatable bonds is 6. The maximum absolute atomic E-state index is 8.83. The fraction of sp³-hybridized carbons (Fsp3) is 0.538. The topological polar surface area (TPSA) is 58.7 Å². The van der Waals surface area contributed by atoms with E-state index in [9.17, 15) is 0 Å². The molecular weight excluding hydrogens is 287 g/mol. The Kier molecular flexibility index (Phi) is 6.89. The molecule has 0 radical (unpaired) electrons.